The number of nitrogens with zero attached hydrogens (tertiary/aromatic N) is 2. The summed E-state index contributed by atoms with van der Waals surface area (Å²) < 4.78 is 29.3. The minimum Gasteiger partial charge on any atom is -0.495 e. The monoisotopic (exact) mass is 778 g/mol. The molecular weight excluding hydrogens is 728 g/mol. The third kappa shape index (κ3) is 9.07. The van der Waals surface area contributed by atoms with Crippen LogP contribution in [0.4, 0.5) is 22.0 Å². The van der Waals surface area contributed by atoms with Crippen molar-refractivity contribution < 1.29 is 43.2 Å². The van der Waals surface area contributed by atoms with E-state index in [-0.39, 0.29) is 30.1 Å². The highest BCUT2D eigenvalue weighted by atomic mass is 35.5. The zero-order chi connectivity index (χ0) is 40.2. The van der Waals surface area contributed by atoms with Gasteiger partial charge in [0.05, 0.1) is 31.7 Å². The van der Waals surface area contributed by atoms with Crippen LogP contribution in [0.3, 0.4) is 0 Å². The van der Waals surface area contributed by atoms with Crippen LogP contribution in [0.25, 0.3) is 10.8 Å². The first-order chi connectivity index (χ1) is 26.1. The summed E-state index contributed by atoms with van der Waals surface area (Å²) >= 11 is 6.76. The number of halogens is 1. The lowest BCUT2D eigenvalue weighted by molar-refractivity contribution is -0.187. The molecular formula is C41H51ClN4O9. The lowest BCUT2D eigenvalue weighted by Crippen LogP contribution is -2.53. The Balaban J connectivity index is 0.00000285. The van der Waals surface area contributed by atoms with Gasteiger partial charge in [-0.15, -0.1) is 0 Å². The number of hydrogen-bond acceptors (Lipinski definition) is 11. The van der Waals surface area contributed by atoms with Crippen LogP contribution in [0.15, 0.2) is 66.4 Å². The largest absolute Gasteiger partial charge is 0.495 e. The summed E-state index contributed by atoms with van der Waals surface area (Å²) in [4.78, 5) is 46.3. The van der Waals surface area contributed by atoms with E-state index in [0.717, 1.165) is 21.9 Å². The normalized spacial score (nSPS) is 29.7. The first kappa shape index (κ1) is 41.5. The number of amides is 2. The maximum atomic E-state index is 14.1. The molecule has 13 nitrogen and oxygen atoms in total. The fraction of sp³-hybridized carbons (Fsp3) is 0.463. The standard InChI is InChI=1S/C39H45ClN4O9.C2H6/c1-21-8-7-9-30(50-6)39(48)18-29(51-34(46)19-39)22(2)36-38(3,53-36)31(17-33(45)44(4)27-13-23(12-21)14-28(49-5)35(27)40)52-37(47)43-32-16-24-10-11-26(41)15-25(24)20-42-32;1-2/h7-11,13-16,20,22,29-31,36,48H,12,17-19,41H2,1-6H3,(H,42,43,47);1-2H3/b9-7+,21-8+;/t22-,29+,30-,31+,36+,38+,39-;/m1./s1. The summed E-state index contributed by atoms with van der Waals surface area (Å²) in [6.07, 6.45) is 2.79. The molecule has 6 rings (SSSR count). The number of aromatic nitrogens is 1. The molecule has 0 radical (unpaired) electrons. The van der Waals surface area contributed by atoms with E-state index >= 15 is 0 Å². The van der Waals surface area contributed by atoms with Crippen LogP contribution in [-0.4, -0.2) is 84.9 Å². The van der Waals surface area contributed by atoms with E-state index in [1.165, 1.54) is 19.1 Å². The zero-order valence-electron chi connectivity index (χ0n) is 32.6. The predicted molar refractivity (Wildman–Crippen MR) is 211 cm³/mol. The molecule has 3 aliphatic heterocycles. The van der Waals surface area contributed by atoms with Crippen LogP contribution in [0.1, 0.15) is 59.4 Å². The summed E-state index contributed by atoms with van der Waals surface area (Å²) in [5.74, 6) is -0.855. The third-order valence-electron chi connectivity index (χ3n) is 10.4. The van der Waals surface area contributed by atoms with Gasteiger partial charge in [0.1, 0.15) is 46.1 Å². The van der Waals surface area contributed by atoms with Crippen LogP contribution in [-0.2, 0) is 35.0 Å². The zero-order valence-corrected chi connectivity index (χ0v) is 33.3. The number of carbonyl (C=O) groups excluding carboxylic acids is 3. The maximum absolute atomic E-state index is 14.1. The number of aliphatic hydroxyl groups is 1. The Hall–Kier alpha value is -4.69. The molecule has 1 aromatic heterocycles. The van der Waals surface area contributed by atoms with Gasteiger partial charge in [0.25, 0.3) is 0 Å². The third-order valence-corrected chi connectivity index (χ3v) is 10.8. The van der Waals surface area contributed by atoms with Crippen molar-refractivity contribution in [1.82, 2.24) is 4.98 Å². The van der Waals surface area contributed by atoms with Crippen LogP contribution in [0, 0.1) is 5.92 Å². The number of epoxide rings is 1. The van der Waals surface area contributed by atoms with Gasteiger partial charge in [-0.25, -0.2) is 9.78 Å². The number of anilines is 3. The van der Waals surface area contributed by atoms with Gasteiger partial charge in [-0.05, 0) is 61.5 Å². The van der Waals surface area contributed by atoms with E-state index in [1.54, 1.807) is 56.6 Å². The number of hydrogen-bond donors (Lipinski definition) is 3. The van der Waals surface area contributed by atoms with Crippen molar-refractivity contribution in [3.05, 3.63) is 77.0 Å². The number of allylic oxidation sites excluding steroid dienone is 3. The Bertz CT molecular complexity index is 1990. The number of pyridine rings is 1. The topological polar surface area (TPSA) is 175 Å². The highest BCUT2D eigenvalue weighted by molar-refractivity contribution is 6.35. The fourth-order valence-electron chi connectivity index (χ4n) is 7.35. The fourth-order valence-corrected chi connectivity index (χ4v) is 7.66. The molecule has 2 fully saturated rings. The number of nitrogens with one attached hydrogen (secondary N) is 1. The summed E-state index contributed by atoms with van der Waals surface area (Å²) in [5.41, 5.74) is 5.91. The van der Waals surface area contributed by atoms with Gasteiger partial charge < -0.3 is 39.4 Å². The van der Waals surface area contributed by atoms with E-state index in [1.807, 2.05) is 45.9 Å². The Morgan fingerprint density at radius 1 is 1.15 bits per heavy atom. The van der Waals surface area contributed by atoms with Gasteiger partial charge in [0, 0.05) is 43.8 Å². The van der Waals surface area contributed by atoms with Crippen molar-refractivity contribution in [1.29, 1.82) is 0 Å². The van der Waals surface area contributed by atoms with Gasteiger partial charge in [-0.3, -0.25) is 14.9 Å². The number of methoxy groups -OCH3 is 2. The van der Waals surface area contributed by atoms with Gasteiger partial charge in [-0.1, -0.05) is 62.2 Å². The first-order valence-electron chi connectivity index (χ1n) is 18.4. The van der Waals surface area contributed by atoms with Gasteiger partial charge in [-0.2, -0.15) is 0 Å². The lowest BCUT2D eigenvalue weighted by Gasteiger charge is -2.41. The number of carbonyl (C=O) groups is 3. The van der Waals surface area contributed by atoms with Gasteiger partial charge in [0.15, 0.2) is 0 Å². The quantitative estimate of drug-likeness (QED) is 0.145. The molecule has 4 bridgehead atoms. The molecule has 7 atom stereocenters. The number of rotatable bonds is 4. The minimum atomic E-state index is -1.57. The van der Waals surface area contributed by atoms with E-state index in [4.69, 9.17) is 41.0 Å². The average Bonchev–Trinajstić information content (AvgIpc) is 3.85. The van der Waals surface area contributed by atoms with Crippen molar-refractivity contribution in [2.24, 2.45) is 5.92 Å². The van der Waals surface area contributed by atoms with Crippen molar-refractivity contribution in [3.63, 3.8) is 0 Å². The second kappa shape index (κ2) is 17.0. The Morgan fingerprint density at radius 2 is 1.89 bits per heavy atom. The molecule has 0 aliphatic carbocycles. The Labute approximate surface area is 326 Å². The van der Waals surface area contributed by atoms with Gasteiger partial charge >= 0.3 is 12.1 Å². The predicted octanol–water partition coefficient (Wildman–Crippen LogP) is 6.78. The minimum absolute atomic E-state index is 0.0679. The molecule has 3 aliphatic rings. The number of esters is 1. The smallest absolute Gasteiger partial charge is 0.413 e. The van der Waals surface area contributed by atoms with Crippen molar-refractivity contribution in [2.75, 3.05) is 37.2 Å². The molecule has 3 aromatic rings. The van der Waals surface area contributed by atoms with E-state index < -0.39 is 59.5 Å². The maximum Gasteiger partial charge on any atom is 0.413 e. The highest BCUT2D eigenvalue weighted by Crippen LogP contribution is 2.50. The molecule has 0 spiro atoms. The molecule has 4 N–H and O–H groups in total. The molecule has 2 aromatic carbocycles. The van der Waals surface area contributed by atoms with Crippen molar-refractivity contribution in [3.8, 4) is 5.75 Å². The molecule has 0 unspecified atom stereocenters. The number of fused-ring (bicyclic) bond motifs is 6. The second-order valence-electron chi connectivity index (χ2n) is 14.3. The molecule has 14 heteroatoms. The van der Waals surface area contributed by atoms with Crippen LogP contribution >= 0.6 is 11.6 Å². The number of ether oxygens (including phenoxy) is 5. The average molecular weight is 779 g/mol. The van der Waals surface area contributed by atoms with E-state index in [2.05, 4.69) is 10.3 Å². The second-order valence-corrected chi connectivity index (χ2v) is 14.7. The molecule has 4 heterocycles. The Kier molecular flexibility index (Phi) is 12.8. The van der Waals surface area contributed by atoms with Crippen LogP contribution in [0.5, 0.6) is 5.75 Å². The molecule has 2 amide bonds. The SMILES string of the molecule is CC.COc1cc2cc(c1Cl)N(C)C(=O)C[C@H](OC(=O)Nc1cc3ccc(N)cc3cn1)[C@]1(C)O[C@H]1[C@H](C)[C@@H]1C[C@@](O)(CC(=O)O1)[C@H](OC)/C=C/C=C(\C)C2. The number of nitrogens with two attached hydrogens (primary N) is 1. The van der Waals surface area contributed by atoms with Crippen LogP contribution in [0.2, 0.25) is 5.02 Å². The molecule has 296 valence electrons. The number of benzene rings is 2. The molecule has 55 heavy (non-hydrogen) atoms. The number of nitrogen functional groups attached to an aromatic ring is 1. The lowest BCUT2D eigenvalue weighted by atomic mass is 9.78. The summed E-state index contributed by atoms with van der Waals surface area (Å²) in [6, 6.07) is 10.6. The van der Waals surface area contributed by atoms with Crippen molar-refractivity contribution >= 4 is 57.5 Å². The summed E-state index contributed by atoms with van der Waals surface area (Å²) in [7, 11) is 4.57. The van der Waals surface area contributed by atoms with E-state index in [0.29, 0.717) is 23.5 Å². The highest BCUT2D eigenvalue weighted by Gasteiger charge is 2.64. The Morgan fingerprint density at radius 3 is 2.60 bits per heavy atom. The van der Waals surface area contributed by atoms with Gasteiger partial charge in [0.2, 0.25) is 5.91 Å². The first-order valence-corrected chi connectivity index (χ1v) is 18.7. The summed E-state index contributed by atoms with van der Waals surface area (Å²) in [6.45, 7) is 9.52. The van der Waals surface area contributed by atoms with E-state index in [9.17, 15) is 19.5 Å². The molecule has 0 saturated carbocycles. The molecule has 2 saturated heterocycles. The summed E-state index contributed by atoms with van der Waals surface area (Å²) in [5, 5.41) is 16.3. The van der Waals surface area contributed by atoms with Crippen molar-refractivity contribution in [2.45, 2.75) is 95.9 Å². The van der Waals surface area contributed by atoms with Crippen LogP contribution < -0.4 is 20.7 Å².